The number of amides is 1. The third-order valence-corrected chi connectivity index (χ3v) is 2.69. The van der Waals surface area contributed by atoms with Crippen LogP contribution in [0.3, 0.4) is 0 Å². The van der Waals surface area contributed by atoms with E-state index >= 15 is 0 Å². The van der Waals surface area contributed by atoms with Crippen molar-refractivity contribution < 1.29 is 14.0 Å². The largest absolute Gasteiger partial charge is 0.322 e. The van der Waals surface area contributed by atoms with Crippen LogP contribution in [-0.4, -0.2) is 12.2 Å². The van der Waals surface area contributed by atoms with Crippen LogP contribution in [0.4, 0.5) is 10.1 Å². The summed E-state index contributed by atoms with van der Waals surface area (Å²) in [4.78, 5) is 22.5. The van der Waals surface area contributed by atoms with Crippen molar-refractivity contribution in [2.24, 2.45) is 0 Å². The van der Waals surface area contributed by atoms with Crippen molar-refractivity contribution in [3.63, 3.8) is 0 Å². The maximum Gasteiger partial charge on any atom is 0.258 e. The first-order valence-corrected chi connectivity index (χ1v) is 5.79. The molecule has 3 nitrogen and oxygen atoms in total. The molecule has 19 heavy (non-hydrogen) atoms. The van der Waals surface area contributed by atoms with Gasteiger partial charge in [-0.3, -0.25) is 9.59 Å². The van der Waals surface area contributed by atoms with Gasteiger partial charge in [0.2, 0.25) is 0 Å². The second-order valence-electron chi connectivity index (χ2n) is 3.82. The second kappa shape index (κ2) is 5.63. The summed E-state index contributed by atoms with van der Waals surface area (Å²) in [6.45, 7) is 0. The van der Waals surface area contributed by atoms with Crippen molar-refractivity contribution in [1.29, 1.82) is 0 Å². The Morgan fingerprint density at radius 1 is 1.21 bits per heavy atom. The van der Waals surface area contributed by atoms with E-state index in [-0.39, 0.29) is 10.6 Å². The first-order valence-electron chi connectivity index (χ1n) is 5.42. The molecule has 0 fully saturated rings. The number of halogens is 2. The van der Waals surface area contributed by atoms with Crippen LogP contribution in [0.25, 0.3) is 0 Å². The third-order valence-electron chi connectivity index (χ3n) is 2.45. The first kappa shape index (κ1) is 13.2. The summed E-state index contributed by atoms with van der Waals surface area (Å²) in [5, 5.41) is 2.78. The number of nitrogens with one attached hydrogen (secondary N) is 1. The first-order chi connectivity index (χ1) is 9.10. The highest BCUT2D eigenvalue weighted by Crippen LogP contribution is 2.17. The molecule has 1 N–H and O–H groups in total. The topological polar surface area (TPSA) is 46.2 Å². The molecule has 0 aromatic heterocycles. The molecule has 2 aromatic rings. The molecule has 0 spiro atoms. The van der Waals surface area contributed by atoms with E-state index in [9.17, 15) is 14.0 Å². The van der Waals surface area contributed by atoms with Gasteiger partial charge in [-0.25, -0.2) is 4.39 Å². The lowest BCUT2D eigenvalue weighted by Gasteiger charge is -2.07. The van der Waals surface area contributed by atoms with Crippen molar-refractivity contribution in [3.8, 4) is 0 Å². The normalized spacial score (nSPS) is 10.0. The van der Waals surface area contributed by atoms with Crippen LogP contribution in [-0.2, 0) is 0 Å². The lowest BCUT2D eigenvalue weighted by atomic mass is 10.1. The number of rotatable bonds is 3. The molecular weight excluding hydrogens is 269 g/mol. The van der Waals surface area contributed by atoms with Crippen molar-refractivity contribution in [3.05, 3.63) is 64.4 Å². The summed E-state index contributed by atoms with van der Waals surface area (Å²) in [5.41, 5.74) is 0.683. The third kappa shape index (κ3) is 3.17. The van der Waals surface area contributed by atoms with E-state index in [2.05, 4.69) is 5.32 Å². The van der Waals surface area contributed by atoms with E-state index in [4.69, 9.17) is 11.6 Å². The van der Waals surface area contributed by atoms with Gasteiger partial charge in [0, 0.05) is 16.3 Å². The van der Waals surface area contributed by atoms with Gasteiger partial charge in [0.1, 0.15) is 12.1 Å². The molecule has 0 aliphatic heterocycles. The van der Waals surface area contributed by atoms with E-state index < -0.39 is 11.7 Å². The highest BCUT2D eigenvalue weighted by atomic mass is 35.5. The van der Waals surface area contributed by atoms with E-state index in [0.29, 0.717) is 17.5 Å². The van der Waals surface area contributed by atoms with Crippen molar-refractivity contribution in [1.82, 2.24) is 0 Å². The molecule has 0 unspecified atom stereocenters. The summed E-state index contributed by atoms with van der Waals surface area (Å²) < 4.78 is 13.5. The second-order valence-corrected chi connectivity index (χ2v) is 4.26. The minimum Gasteiger partial charge on any atom is -0.322 e. The van der Waals surface area contributed by atoms with Gasteiger partial charge in [-0.05, 0) is 30.3 Å². The van der Waals surface area contributed by atoms with Gasteiger partial charge >= 0.3 is 0 Å². The minimum atomic E-state index is -0.659. The van der Waals surface area contributed by atoms with Crippen LogP contribution >= 0.6 is 11.6 Å². The maximum atomic E-state index is 13.5. The average molecular weight is 278 g/mol. The van der Waals surface area contributed by atoms with E-state index in [1.54, 1.807) is 18.2 Å². The van der Waals surface area contributed by atoms with Crippen LogP contribution < -0.4 is 5.32 Å². The van der Waals surface area contributed by atoms with Crippen LogP contribution in [0.15, 0.2) is 42.5 Å². The Balaban J connectivity index is 2.25. The average Bonchev–Trinajstić information content (AvgIpc) is 2.41. The zero-order valence-corrected chi connectivity index (χ0v) is 10.4. The van der Waals surface area contributed by atoms with E-state index in [0.717, 1.165) is 6.07 Å². The summed E-state index contributed by atoms with van der Waals surface area (Å²) in [6.07, 6.45) is 0.662. The summed E-state index contributed by atoms with van der Waals surface area (Å²) in [7, 11) is 0. The molecular formula is C14H9ClFNO2. The molecule has 0 radical (unpaired) electrons. The van der Waals surface area contributed by atoms with Crippen LogP contribution in [0.2, 0.25) is 5.02 Å². The number of anilines is 1. The Kier molecular flexibility index (Phi) is 3.92. The van der Waals surface area contributed by atoms with E-state index in [1.807, 2.05) is 0 Å². The Morgan fingerprint density at radius 2 is 2.00 bits per heavy atom. The number of carbonyl (C=O) groups excluding carboxylic acids is 2. The molecule has 0 heterocycles. The predicted molar refractivity (Wildman–Crippen MR) is 71.2 cm³/mol. The number of carbonyl (C=O) groups is 2. The fourth-order valence-electron chi connectivity index (χ4n) is 1.56. The van der Waals surface area contributed by atoms with Gasteiger partial charge in [0.15, 0.2) is 0 Å². The van der Waals surface area contributed by atoms with Crippen LogP contribution in [0.5, 0.6) is 0 Å². The molecule has 1 amide bonds. The van der Waals surface area contributed by atoms with E-state index in [1.165, 1.54) is 18.2 Å². The molecule has 0 aliphatic carbocycles. The fourth-order valence-corrected chi connectivity index (χ4v) is 1.73. The Bertz CT molecular complexity index is 643. The van der Waals surface area contributed by atoms with Gasteiger partial charge in [0.05, 0.1) is 5.56 Å². The Morgan fingerprint density at radius 3 is 2.74 bits per heavy atom. The summed E-state index contributed by atoms with van der Waals surface area (Å²) in [6, 6.07) is 10.0. The number of aldehydes is 1. The highest BCUT2D eigenvalue weighted by Gasteiger charge is 2.12. The van der Waals surface area contributed by atoms with Crippen molar-refractivity contribution >= 4 is 29.5 Å². The molecule has 2 rings (SSSR count). The van der Waals surface area contributed by atoms with Crippen molar-refractivity contribution in [2.45, 2.75) is 0 Å². The lowest BCUT2D eigenvalue weighted by Crippen LogP contribution is -2.13. The molecule has 0 saturated carbocycles. The van der Waals surface area contributed by atoms with Gasteiger partial charge in [0.25, 0.3) is 5.91 Å². The summed E-state index contributed by atoms with van der Waals surface area (Å²) >= 11 is 5.72. The smallest absolute Gasteiger partial charge is 0.258 e. The SMILES string of the molecule is O=Cc1cccc(NC(=O)c2cc(Cl)ccc2F)c1. The predicted octanol–water partition coefficient (Wildman–Crippen LogP) is 3.54. The maximum absolute atomic E-state index is 13.5. The van der Waals surface area contributed by atoms with Gasteiger partial charge in [-0.2, -0.15) is 0 Å². The van der Waals surface area contributed by atoms with Gasteiger partial charge < -0.3 is 5.32 Å². The zero-order chi connectivity index (χ0) is 13.8. The molecule has 96 valence electrons. The number of benzene rings is 2. The Hall–Kier alpha value is -2.20. The molecule has 2 aromatic carbocycles. The highest BCUT2D eigenvalue weighted by molar-refractivity contribution is 6.31. The number of hydrogen-bond donors (Lipinski definition) is 1. The molecule has 0 atom stereocenters. The molecule has 0 saturated heterocycles. The van der Waals surface area contributed by atoms with Crippen molar-refractivity contribution in [2.75, 3.05) is 5.32 Å². The van der Waals surface area contributed by atoms with Gasteiger partial charge in [-0.1, -0.05) is 23.7 Å². The fraction of sp³-hybridized carbons (Fsp3) is 0. The summed E-state index contributed by atoms with van der Waals surface area (Å²) in [5.74, 6) is -1.28. The molecule has 0 bridgehead atoms. The standard InChI is InChI=1S/C14H9ClFNO2/c15-10-4-5-13(16)12(7-10)14(19)17-11-3-1-2-9(6-11)8-18/h1-8H,(H,17,19). The quantitative estimate of drug-likeness (QED) is 0.872. The number of hydrogen-bond acceptors (Lipinski definition) is 2. The zero-order valence-electron chi connectivity index (χ0n) is 9.69. The lowest BCUT2D eigenvalue weighted by molar-refractivity contribution is 0.102. The monoisotopic (exact) mass is 277 g/mol. The molecule has 0 aliphatic rings. The Labute approximate surface area is 114 Å². The van der Waals surface area contributed by atoms with Crippen LogP contribution in [0.1, 0.15) is 20.7 Å². The van der Waals surface area contributed by atoms with Crippen LogP contribution in [0, 0.1) is 5.82 Å². The van der Waals surface area contributed by atoms with Gasteiger partial charge in [-0.15, -0.1) is 0 Å². The molecule has 5 heteroatoms. The minimum absolute atomic E-state index is 0.149.